The lowest BCUT2D eigenvalue weighted by molar-refractivity contribution is -0.141. The van der Waals surface area contributed by atoms with Crippen molar-refractivity contribution in [3.8, 4) is 0 Å². The van der Waals surface area contributed by atoms with E-state index in [-0.39, 0.29) is 31.2 Å². The number of carboxylic acids is 1. The Balaban J connectivity index is 4.54. The topological polar surface area (TPSA) is 104 Å². The fraction of sp³-hybridized carbons (Fsp3) is 0.750. The summed E-state index contributed by atoms with van der Waals surface area (Å²) < 4.78 is 0. The molecule has 0 saturated heterocycles. The fourth-order valence-electron chi connectivity index (χ4n) is 1.48. The van der Waals surface area contributed by atoms with Crippen molar-refractivity contribution < 1.29 is 19.5 Å². The lowest BCUT2D eigenvalue weighted by Crippen LogP contribution is -2.48. The van der Waals surface area contributed by atoms with Crippen molar-refractivity contribution in [2.45, 2.75) is 32.2 Å². The first kappa shape index (κ1) is 17.4. The van der Waals surface area contributed by atoms with Crippen molar-refractivity contribution in [2.24, 2.45) is 5.73 Å². The maximum Gasteiger partial charge on any atom is 0.303 e. The Morgan fingerprint density at radius 3 is 2.26 bits per heavy atom. The van der Waals surface area contributed by atoms with Gasteiger partial charge in [0.15, 0.2) is 0 Å². The van der Waals surface area contributed by atoms with E-state index in [1.54, 1.807) is 14.1 Å². The van der Waals surface area contributed by atoms with Gasteiger partial charge in [-0.2, -0.15) is 0 Å². The summed E-state index contributed by atoms with van der Waals surface area (Å²) >= 11 is 0. The molecule has 0 radical (unpaired) electrons. The summed E-state index contributed by atoms with van der Waals surface area (Å²) in [5, 5.41) is 8.56. The fourth-order valence-corrected chi connectivity index (χ4v) is 1.48. The van der Waals surface area contributed by atoms with Crippen molar-refractivity contribution in [1.29, 1.82) is 0 Å². The van der Waals surface area contributed by atoms with Crippen LogP contribution in [-0.4, -0.2) is 65.9 Å². The Bertz CT molecular complexity index is 331. The predicted octanol–water partition coefficient (Wildman–Crippen LogP) is -0.495. The quantitative estimate of drug-likeness (QED) is 0.620. The minimum absolute atomic E-state index is 0.0273. The van der Waals surface area contributed by atoms with Gasteiger partial charge >= 0.3 is 5.97 Å². The highest BCUT2D eigenvalue weighted by Gasteiger charge is 2.23. The summed E-state index contributed by atoms with van der Waals surface area (Å²) in [5.41, 5.74) is 5.67. The average molecular weight is 273 g/mol. The monoisotopic (exact) mass is 273 g/mol. The molecule has 0 aromatic rings. The summed E-state index contributed by atoms with van der Waals surface area (Å²) in [6.07, 6.45) is 0.622. The van der Waals surface area contributed by atoms with E-state index in [9.17, 15) is 14.4 Å². The van der Waals surface area contributed by atoms with E-state index in [4.69, 9.17) is 10.8 Å². The normalized spacial score (nSPS) is 11.8. The lowest BCUT2D eigenvalue weighted by Gasteiger charge is -2.25. The number of nitrogens with two attached hydrogens (primary N) is 1. The molecule has 0 heterocycles. The van der Waals surface area contributed by atoms with Gasteiger partial charge in [-0.05, 0) is 12.8 Å². The number of hydrogen-bond donors (Lipinski definition) is 2. The number of rotatable bonds is 8. The number of carbonyl (C=O) groups excluding carboxylic acids is 2. The predicted molar refractivity (Wildman–Crippen MR) is 70.4 cm³/mol. The van der Waals surface area contributed by atoms with E-state index in [0.717, 1.165) is 0 Å². The highest BCUT2D eigenvalue weighted by Crippen LogP contribution is 2.03. The average Bonchev–Trinajstić information content (AvgIpc) is 2.34. The van der Waals surface area contributed by atoms with Crippen molar-refractivity contribution in [2.75, 3.05) is 27.2 Å². The maximum atomic E-state index is 12.0. The van der Waals surface area contributed by atoms with Gasteiger partial charge in [-0.1, -0.05) is 6.92 Å². The van der Waals surface area contributed by atoms with E-state index in [0.29, 0.717) is 13.0 Å². The molecule has 0 aliphatic heterocycles. The Hall–Kier alpha value is -1.63. The van der Waals surface area contributed by atoms with Crippen LogP contribution < -0.4 is 5.73 Å². The summed E-state index contributed by atoms with van der Waals surface area (Å²) in [4.78, 5) is 36.9. The van der Waals surface area contributed by atoms with Gasteiger partial charge in [0.2, 0.25) is 11.8 Å². The number of nitrogens with zero attached hydrogens (tertiary/aromatic N) is 2. The van der Waals surface area contributed by atoms with Crippen molar-refractivity contribution in [3.05, 3.63) is 0 Å². The Kier molecular flexibility index (Phi) is 7.74. The molecule has 0 aromatic heterocycles. The second kappa shape index (κ2) is 8.47. The third-order valence-corrected chi connectivity index (χ3v) is 2.62. The Labute approximate surface area is 113 Å². The minimum atomic E-state index is -0.991. The lowest BCUT2D eigenvalue weighted by atomic mass is 10.1. The molecule has 0 spiro atoms. The van der Waals surface area contributed by atoms with Crippen LogP contribution in [0.15, 0.2) is 0 Å². The molecular weight excluding hydrogens is 250 g/mol. The zero-order chi connectivity index (χ0) is 15.0. The molecule has 19 heavy (non-hydrogen) atoms. The highest BCUT2D eigenvalue weighted by molar-refractivity contribution is 5.87. The van der Waals surface area contributed by atoms with Gasteiger partial charge in [0.25, 0.3) is 0 Å². The molecule has 0 saturated carbocycles. The van der Waals surface area contributed by atoms with Crippen LogP contribution in [0.25, 0.3) is 0 Å². The third-order valence-electron chi connectivity index (χ3n) is 2.62. The van der Waals surface area contributed by atoms with Crippen LogP contribution in [0.4, 0.5) is 0 Å². The van der Waals surface area contributed by atoms with Gasteiger partial charge in [0, 0.05) is 27.1 Å². The first-order valence-electron chi connectivity index (χ1n) is 6.25. The Morgan fingerprint density at radius 2 is 1.84 bits per heavy atom. The number of carbonyl (C=O) groups is 3. The maximum absolute atomic E-state index is 12.0. The molecule has 0 bridgehead atoms. The smallest absolute Gasteiger partial charge is 0.303 e. The largest absolute Gasteiger partial charge is 0.481 e. The van der Waals surface area contributed by atoms with Crippen LogP contribution in [0.3, 0.4) is 0 Å². The van der Waals surface area contributed by atoms with Gasteiger partial charge in [-0.3, -0.25) is 14.4 Å². The molecule has 1 atom stereocenters. The molecule has 7 nitrogen and oxygen atoms in total. The number of amides is 2. The first-order valence-corrected chi connectivity index (χ1v) is 6.25. The number of carboxylic acid groups (broad SMARTS) is 1. The van der Waals surface area contributed by atoms with Crippen LogP contribution in [0.5, 0.6) is 0 Å². The first-order chi connectivity index (χ1) is 8.79. The van der Waals surface area contributed by atoms with Gasteiger partial charge in [-0.15, -0.1) is 0 Å². The van der Waals surface area contributed by atoms with E-state index in [1.807, 2.05) is 6.92 Å². The molecule has 110 valence electrons. The number of hydrogen-bond acceptors (Lipinski definition) is 4. The molecule has 0 aliphatic carbocycles. The Morgan fingerprint density at radius 1 is 1.26 bits per heavy atom. The summed E-state index contributed by atoms with van der Waals surface area (Å²) in [7, 11) is 3.22. The molecule has 1 unspecified atom stereocenters. The van der Waals surface area contributed by atoms with Gasteiger partial charge in [-0.25, -0.2) is 0 Å². The van der Waals surface area contributed by atoms with Crippen molar-refractivity contribution in [1.82, 2.24) is 9.80 Å². The zero-order valence-electron chi connectivity index (χ0n) is 11.8. The second-order valence-electron chi connectivity index (χ2n) is 4.59. The molecule has 7 heteroatoms. The SMILES string of the molecule is CCCN(CC(=O)N(C)C)C(=O)C(N)CCC(=O)O. The standard InChI is InChI=1S/C12H23N3O4/c1-4-7-15(8-10(16)14(2)3)12(19)9(13)5-6-11(17)18/h9H,4-8,13H2,1-3H3,(H,17,18). The van der Waals surface area contributed by atoms with Crippen LogP contribution in [0.1, 0.15) is 26.2 Å². The van der Waals surface area contributed by atoms with E-state index in [2.05, 4.69) is 0 Å². The van der Waals surface area contributed by atoms with E-state index >= 15 is 0 Å². The van der Waals surface area contributed by atoms with E-state index in [1.165, 1.54) is 9.80 Å². The molecule has 0 aromatic carbocycles. The summed E-state index contributed by atoms with van der Waals surface area (Å²) in [5.74, 6) is -1.56. The number of aliphatic carboxylic acids is 1. The van der Waals surface area contributed by atoms with Gasteiger partial charge in [0.05, 0.1) is 12.6 Å². The summed E-state index contributed by atoms with van der Waals surface area (Å²) in [6, 6.07) is -0.877. The third kappa shape index (κ3) is 6.76. The van der Waals surface area contributed by atoms with Gasteiger partial charge in [0.1, 0.15) is 0 Å². The van der Waals surface area contributed by atoms with Crippen LogP contribution in [-0.2, 0) is 14.4 Å². The van der Waals surface area contributed by atoms with E-state index < -0.39 is 12.0 Å². The minimum Gasteiger partial charge on any atom is -0.481 e. The molecular formula is C12H23N3O4. The zero-order valence-corrected chi connectivity index (χ0v) is 11.8. The molecule has 2 amide bonds. The van der Waals surface area contributed by atoms with Gasteiger partial charge < -0.3 is 20.6 Å². The molecule has 0 rings (SSSR count). The molecule has 3 N–H and O–H groups in total. The van der Waals surface area contributed by atoms with Crippen molar-refractivity contribution >= 4 is 17.8 Å². The van der Waals surface area contributed by atoms with Crippen LogP contribution >= 0.6 is 0 Å². The second-order valence-corrected chi connectivity index (χ2v) is 4.59. The number of likely N-dealkylation sites (N-methyl/N-ethyl adjacent to an activating group) is 1. The summed E-state index contributed by atoms with van der Waals surface area (Å²) in [6.45, 7) is 2.29. The van der Waals surface area contributed by atoms with Crippen LogP contribution in [0.2, 0.25) is 0 Å². The molecule has 0 aliphatic rings. The van der Waals surface area contributed by atoms with Crippen molar-refractivity contribution in [3.63, 3.8) is 0 Å². The highest BCUT2D eigenvalue weighted by atomic mass is 16.4. The van der Waals surface area contributed by atoms with Crippen LogP contribution in [0, 0.1) is 0 Å². The molecule has 0 fully saturated rings.